The van der Waals surface area contributed by atoms with E-state index >= 15 is 0 Å². The van der Waals surface area contributed by atoms with E-state index in [1.165, 1.54) is 0 Å². The van der Waals surface area contributed by atoms with E-state index in [2.05, 4.69) is 50.4 Å². The van der Waals surface area contributed by atoms with Crippen LogP contribution in [0.1, 0.15) is 48.7 Å². The first kappa shape index (κ1) is 20.0. The van der Waals surface area contributed by atoms with Gasteiger partial charge in [0.05, 0.1) is 5.56 Å². The number of ether oxygens (including phenoxy) is 1. The van der Waals surface area contributed by atoms with Crippen molar-refractivity contribution >= 4 is 11.6 Å². The third-order valence-corrected chi connectivity index (χ3v) is 5.74. The summed E-state index contributed by atoms with van der Waals surface area (Å²) < 4.78 is 5.95. The number of amides is 1. The molecule has 0 saturated heterocycles. The number of carbonyl (C=O) groups is 1. The van der Waals surface area contributed by atoms with E-state index in [0.29, 0.717) is 6.61 Å². The van der Waals surface area contributed by atoms with Crippen LogP contribution in [0.2, 0.25) is 0 Å². The van der Waals surface area contributed by atoms with Crippen molar-refractivity contribution in [2.24, 2.45) is 0 Å². The fourth-order valence-corrected chi connectivity index (χ4v) is 4.28. The number of para-hydroxylation sites is 1. The summed E-state index contributed by atoms with van der Waals surface area (Å²) in [6.45, 7) is 6.77. The molecule has 0 saturated carbocycles. The second-order valence-electron chi connectivity index (χ2n) is 7.95. The maximum atomic E-state index is 13.4. The topological polar surface area (TPSA) is 41.6 Å². The summed E-state index contributed by atoms with van der Waals surface area (Å²) in [5.74, 6) is 0.873. The molecule has 1 aliphatic heterocycles. The monoisotopic (exact) mass is 400 g/mol. The van der Waals surface area contributed by atoms with Crippen molar-refractivity contribution in [2.45, 2.75) is 45.5 Å². The van der Waals surface area contributed by atoms with Gasteiger partial charge in [0, 0.05) is 11.7 Å². The molecule has 0 bridgehead atoms. The first-order valence-electron chi connectivity index (χ1n) is 10.5. The molecule has 4 nitrogen and oxygen atoms in total. The number of hydrogen-bond donors (Lipinski definition) is 1. The molecule has 0 aliphatic carbocycles. The van der Waals surface area contributed by atoms with Crippen LogP contribution in [0.4, 0.5) is 5.69 Å². The van der Waals surface area contributed by atoms with Crippen molar-refractivity contribution in [1.29, 1.82) is 0 Å². The van der Waals surface area contributed by atoms with E-state index in [4.69, 9.17) is 4.74 Å². The summed E-state index contributed by atoms with van der Waals surface area (Å²) in [7, 11) is 0. The first-order chi connectivity index (χ1) is 14.5. The summed E-state index contributed by atoms with van der Waals surface area (Å²) in [6.07, 6.45) is 0.746. The van der Waals surface area contributed by atoms with Gasteiger partial charge in [-0.05, 0) is 55.7 Å². The number of anilines is 1. The van der Waals surface area contributed by atoms with Crippen LogP contribution in [-0.4, -0.2) is 16.8 Å². The number of benzene rings is 3. The van der Waals surface area contributed by atoms with E-state index in [-0.39, 0.29) is 11.9 Å². The van der Waals surface area contributed by atoms with E-state index in [1.54, 1.807) is 0 Å². The Labute approximate surface area is 178 Å². The normalized spacial score (nSPS) is 18.1. The van der Waals surface area contributed by atoms with Gasteiger partial charge in [-0.15, -0.1) is 0 Å². The Hall–Kier alpha value is -3.27. The zero-order chi connectivity index (χ0) is 21.1. The quantitative estimate of drug-likeness (QED) is 0.568. The maximum absolute atomic E-state index is 13.4. The average Bonchev–Trinajstić information content (AvgIpc) is 2.78. The highest BCUT2D eigenvalue weighted by Gasteiger charge is 2.45. The number of nitrogens with zero attached hydrogens (tertiary/aromatic N) is 1. The second-order valence-corrected chi connectivity index (χ2v) is 7.95. The molecule has 1 aliphatic rings. The lowest BCUT2D eigenvalue weighted by Gasteiger charge is -2.50. The number of rotatable bonds is 6. The molecular weight excluding hydrogens is 372 g/mol. The minimum absolute atomic E-state index is 0.0484. The Morgan fingerprint density at radius 3 is 2.27 bits per heavy atom. The highest BCUT2D eigenvalue weighted by Crippen LogP contribution is 2.41. The van der Waals surface area contributed by atoms with Crippen molar-refractivity contribution in [3.05, 3.63) is 95.6 Å². The highest BCUT2D eigenvalue weighted by molar-refractivity contribution is 6.02. The van der Waals surface area contributed by atoms with Gasteiger partial charge in [0.15, 0.2) is 0 Å². The molecule has 1 unspecified atom stereocenters. The van der Waals surface area contributed by atoms with E-state index in [9.17, 15) is 4.79 Å². The van der Waals surface area contributed by atoms with Crippen LogP contribution in [0.3, 0.4) is 0 Å². The lowest BCUT2D eigenvalue weighted by Crippen LogP contribution is -2.59. The smallest absolute Gasteiger partial charge is 0.258 e. The largest absolute Gasteiger partial charge is 0.489 e. The van der Waals surface area contributed by atoms with Crippen molar-refractivity contribution in [1.82, 2.24) is 4.90 Å². The van der Waals surface area contributed by atoms with Crippen molar-refractivity contribution in [3.8, 4) is 5.75 Å². The molecule has 0 radical (unpaired) electrons. The molecule has 1 N–H and O–H groups in total. The summed E-state index contributed by atoms with van der Waals surface area (Å²) in [5.41, 5.74) is 3.18. The average molecular weight is 401 g/mol. The van der Waals surface area contributed by atoms with Gasteiger partial charge in [0.2, 0.25) is 0 Å². The molecular formula is C26H28N2O2. The van der Waals surface area contributed by atoms with Gasteiger partial charge in [0.25, 0.3) is 5.91 Å². The Balaban J connectivity index is 1.65. The van der Waals surface area contributed by atoms with Crippen LogP contribution < -0.4 is 10.1 Å². The molecule has 4 rings (SSSR count). The van der Waals surface area contributed by atoms with E-state index in [1.807, 2.05) is 59.5 Å². The lowest BCUT2D eigenvalue weighted by atomic mass is 9.88. The zero-order valence-corrected chi connectivity index (χ0v) is 17.8. The Morgan fingerprint density at radius 2 is 1.60 bits per heavy atom. The molecule has 1 atom stereocenters. The number of fused-ring (bicyclic) bond motifs is 1. The third-order valence-electron chi connectivity index (χ3n) is 5.74. The summed E-state index contributed by atoms with van der Waals surface area (Å²) in [6, 6.07) is 26.0. The van der Waals surface area contributed by atoms with Gasteiger partial charge < -0.3 is 15.0 Å². The Morgan fingerprint density at radius 1 is 0.933 bits per heavy atom. The van der Waals surface area contributed by atoms with Crippen LogP contribution in [-0.2, 0) is 12.3 Å². The van der Waals surface area contributed by atoms with Gasteiger partial charge in [-0.25, -0.2) is 0 Å². The molecule has 4 heteroatoms. The van der Waals surface area contributed by atoms with Crippen LogP contribution in [0, 0.1) is 0 Å². The molecule has 0 spiro atoms. The predicted octanol–water partition coefficient (Wildman–Crippen LogP) is 5.80. The zero-order valence-electron chi connectivity index (χ0n) is 17.8. The van der Waals surface area contributed by atoms with Crippen LogP contribution >= 0.6 is 0 Å². The van der Waals surface area contributed by atoms with Crippen molar-refractivity contribution in [2.75, 3.05) is 5.32 Å². The Kier molecular flexibility index (Phi) is 5.49. The van der Waals surface area contributed by atoms with Gasteiger partial charge >= 0.3 is 0 Å². The molecule has 3 aromatic carbocycles. The maximum Gasteiger partial charge on any atom is 0.258 e. The molecule has 30 heavy (non-hydrogen) atoms. The van der Waals surface area contributed by atoms with Crippen molar-refractivity contribution in [3.63, 3.8) is 0 Å². The lowest BCUT2D eigenvalue weighted by molar-refractivity contribution is 0.0371. The Bertz CT molecular complexity index is 1010. The minimum atomic E-state index is -0.600. The molecule has 1 heterocycles. The summed E-state index contributed by atoms with van der Waals surface area (Å²) in [4.78, 5) is 15.4. The molecule has 3 aromatic rings. The van der Waals surface area contributed by atoms with Crippen LogP contribution in [0.15, 0.2) is 78.9 Å². The van der Waals surface area contributed by atoms with Gasteiger partial charge in [-0.2, -0.15) is 0 Å². The highest BCUT2D eigenvalue weighted by atomic mass is 16.5. The number of nitrogens with one attached hydrogen (secondary N) is 1. The standard InChI is InChI=1S/C26H28N2O2/c1-4-26(27-24-13-9-8-12-23(24)25(29)28(26)19(2)3)21-14-16-22(17-15-21)30-18-20-10-6-5-7-11-20/h5-17,19,27H,4,18H2,1-3H3. The molecule has 154 valence electrons. The first-order valence-corrected chi connectivity index (χ1v) is 10.5. The van der Waals surface area contributed by atoms with E-state index in [0.717, 1.165) is 34.5 Å². The van der Waals surface area contributed by atoms with Crippen LogP contribution in [0.25, 0.3) is 0 Å². The van der Waals surface area contributed by atoms with Gasteiger partial charge in [0.1, 0.15) is 18.0 Å². The molecule has 0 aromatic heterocycles. The third kappa shape index (κ3) is 3.54. The van der Waals surface area contributed by atoms with Crippen LogP contribution in [0.5, 0.6) is 5.75 Å². The minimum Gasteiger partial charge on any atom is -0.489 e. The predicted molar refractivity (Wildman–Crippen MR) is 121 cm³/mol. The summed E-state index contributed by atoms with van der Waals surface area (Å²) >= 11 is 0. The number of carbonyl (C=O) groups excluding carboxylic acids is 1. The molecule has 0 fully saturated rings. The summed E-state index contributed by atoms with van der Waals surface area (Å²) in [5, 5.41) is 3.68. The second kappa shape index (κ2) is 8.23. The fourth-order valence-electron chi connectivity index (χ4n) is 4.28. The van der Waals surface area contributed by atoms with Crippen molar-refractivity contribution < 1.29 is 9.53 Å². The van der Waals surface area contributed by atoms with E-state index < -0.39 is 5.66 Å². The molecule has 1 amide bonds. The fraction of sp³-hybridized carbons (Fsp3) is 0.269. The number of hydrogen-bond acceptors (Lipinski definition) is 3. The van der Waals surface area contributed by atoms with Gasteiger partial charge in [-0.3, -0.25) is 4.79 Å². The van der Waals surface area contributed by atoms with Gasteiger partial charge in [-0.1, -0.05) is 61.5 Å². The SMILES string of the molecule is CCC1(c2ccc(OCc3ccccc3)cc2)Nc2ccccc2C(=O)N1C(C)C.